The molecular formula is C31H39N3O4S. The van der Waals surface area contributed by atoms with Gasteiger partial charge < -0.3 is 19.5 Å². The molecule has 1 aromatic carbocycles. The van der Waals surface area contributed by atoms with E-state index in [-0.39, 0.29) is 5.92 Å². The number of carbonyl (C=O) groups is 1. The average molecular weight is 550 g/mol. The predicted octanol–water partition coefficient (Wildman–Crippen LogP) is 4.95. The van der Waals surface area contributed by atoms with Gasteiger partial charge in [-0.05, 0) is 68.4 Å². The largest absolute Gasteiger partial charge is 0.497 e. The minimum absolute atomic E-state index is 0.0696. The summed E-state index contributed by atoms with van der Waals surface area (Å²) in [5, 5.41) is 13.4. The number of aromatic nitrogens is 2. The van der Waals surface area contributed by atoms with Gasteiger partial charge in [0.05, 0.1) is 27.8 Å². The summed E-state index contributed by atoms with van der Waals surface area (Å²) in [6, 6.07) is 4.10. The summed E-state index contributed by atoms with van der Waals surface area (Å²) in [4.78, 5) is 25.0. The normalized spacial score (nSPS) is 17.8. The molecule has 5 rings (SSSR count). The molecule has 1 aliphatic carbocycles. The third kappa shape index (κ3) is 5.16. The number of aryl methyl sites for hydroxylation is 1. The van der Waals surface area contributed by atoms with E-state index in [4.69, 9.17) is 19.4 Å². The summed E-state index contributed by atoms with van der Waals surface area (Å²) in [7, 11) is 2.07. The van der Waals surface area contributed by atoms with E-state index < -0.39 is 17.7 Å². The van der Waals surface area contributed by atoms with Gasteiger partial charge in [0.25, 0.3) is 0 Å². The number of pyridine rings is 1. The maximum absolute atomic E-state index is 12.8. The van der Waals surface area contributed by atoms with Crippen molar-refractivity contribution in [2.24, 2.45) is 11.8 Å². The topological polar surface area (TPSA) is 84.8 Å². The highest BCUT2D eigenvalue weighted by Crippen LogP contribution is 2.44. The number of hydrogen-bond donors (Lipinski definition) is 1. The highest BCUT2D eigenvalue weighted by Gasteiger charge is 2.36. The Bertz CT molecular complexity index is 1570. The smallest absolute Gasteiger partial charge is 0.337 e. The number of aliphatic carboxylic acids is 1. The number of thiazole rings is 1. The zero-order valence-corrected chi connectivity index (χ0v) is 25.0. The van der Waals surface area contributed by atoms with E-state index in [0.717, 1.165) is 67.8 Å². The molecule has 2 aliphatic rings. The number of fused-ring (bicyclic) bond motifs is 1. The molecule has 3 heterocycles. The van der Waals surface area contributed by atoms with Gasteiger partial charge in [-0.1, -0.05) is 32.1 Å². The van der Waals surface area contributed by atoms with Crippen LogP contribution in [0.25, 0.3) is 21.5 Å². The summed E-state index contributed by atoms with van der Waals surface area (Å²) < 4.78 is 13.4. The third-order valence-corrected chi connectivity index (χ3v) is 8.52. The molecule has 208 valence electrons. The second-order valence-corrected chi connectivity index (χ2v) is 13.3. The molecule has 2 unspecified atom stereocenters. The number of carboxylic acid groups (broad SMARTS) is 1. The summed E-state index contributed by atoms with van der Waals surface area (Å²) in [6.07, 6.45) is 2.31. The van der Waals surface area contributed by atoms with Gasteiger partial charge in [0.1, 0.15) is 5.76 Å². The van der Waals surface area contributed by atoms with E-state index in [0.29, 0.717) is 18.1 Å². The van der Waals surface area contributed by atoms with Crippen molar-refractivity contribution in [3.63, 3.8) is 0 Å². The first-order valence-corrected chi connectivity index (χ1v) is 14.6. The highest BCUT2D eigenvalue weighted by atomic mass is 32.1. The second kappa shape index (κ2) is 10.2. The molecule has 0 radical (unpaired) electrons. The summed E-state index contributed by atoms with van der Waals surface area (Å²) in [5.74, 6) is 0.540. The first-order chi connectivity index (χ1) is 18.4. The molecule has 0 amide bonds. The average Bonchev–Trinajstić information content (AvgIpc) is 3.26. The van der Waals surface area contributed by atoms with Crippen molar-refractivity contribution in [3.05, 3.63) is 51.2 Å². The van der Waals surface area contributed by atoms with Crippen molar-refractivity contribution < 1.29 is 19.4 Å². The maximum Gasteiger partial charge on any atom is 0.337 e. The molecule has 1 N–H and O–H groups in total. The lowest BCUT2D eigenvalue weighted by atomic mass is 9.81. The van der Waals surface area contributed by atoms with Crippen LogP contribution < -0.4 is 15.5 Å². The Hall–Kier alpha value is -2.97. The fourth-order valence-corrected chi connectivity index (χ4v) is 6.99. The molecule has 0 bridgehead atoms. The number of nitrogens with zero attached hydrogens (tertiary/aromatic N) is 3. The Balaban J connectivity index is 1.91. The third-order valence-electron chi connectivity index (χ3n) is 7.31. The molecule has 7 nitrogen and oxygen atoms in total. The van der Waals surface area contributed by atoms with Gasteiger partial charge >= 0.3 is 5.97 Å². The minimum Gasteiger partial charge on any atom is -0.497 e. The molecular weight excluding hydrogens is 510 g/mol. The van der Waals surface area contributed by atoms with E-state index in [1.54, 1.807) is 11.3 Å². The van der Waals surface area contributed by atoms with Crippen LogP contribution in [0.2, 0.25) is 0 Å². The van der Waals surface area contributed by atoms with Crippen molar-refractivity contribution in [2.75, 3.05) is 25.1 Å². The van der Waals surface area contributed by atoms with Crippen LogP contribution in [0.3, 0.4) is 0 Å². The van der Waals surface area contributed by atoms with Gasteiger partial charge in [0, 0.05) is 49.0 Å². The van der Waals surface area contributed by atoms with Crippen molar-refractivity contribution in [1.82, 2.24) is 9.97 Å². The van der Waals surface area contributed by atoms with Crippen molar-refractivity contribution in [1.29, 1.82) is 0 Å². The van der Waals surface area contributed by atoms with Crippen molar-refractivity contribution >= 4 is 44.0 Å². The van der Waals surface area contributed by atoms with E-state index in [1.165, 1.54) is 5.56 Å². The fraction of sp³-hybridized carbons (Fsp3) is 0.516. The molecule has 0 fully saturated rings. The van der Waals surface area contributed by atoms with Crippen LogP contribution in [0, 0.1) is 18.8 Å². The van der Waals surface area contributed by atoms with Crippen LogP contribution in [-0.2, 0) is 20.7 Å². The summed E-state index contributed by atoms with van der Waals surface area (Å²) in [5.41, 5.74) is 4.95. The van der Waals surface area contributed by atoms with Gasteiger partial charge in [0.15, 0.2) is 11.2 Å². The van der Waals surface area contributed by atoms with Crippen LogP contribution in [0.15, 0.2) is 18.3 Å². The summed E-state index contributed by atoms with van der Waals surface area (Å²) >= 11 is 1.62. The molecule has 3 aromatic rings. The first kappa shape index (κ1) is 27.6. The van der Waals surface area contributed by atoms with Crippen LogP contribution in [-0.4, -0.2) is 46.8 Å². The SMILES string of the molecule is Cc1cc2nc(N(C)CC(C)C)sc2c(C2=c3nccc4c3=C(CC2C)OCC4)c1C(OC(C)(C)C)C(=O)O. The monoisotopic (exact) mass is 549 g/mol. The number of anilines is 1. The molecule has 2 atom stereocenters. The van der Waals surface area contributed by atoms with Crippen LogP contribution >= 0.6 is 11.3 Å². The molecule has 2 aromatic heterocycles. The fourth-order valence-electron chi connectivity index (χ4n) is 5.90. The minimum atomic E-state index is -1.13. The van der Waals surface area contributed by atoms with Crippen molar-refractivity contribution in [3.8, 4) is 0 Å². The number of rotatable bonds is 7. The van der Waals surface area contributed by atoms with Crippen LogP contribution in [0.4, 0.5) is 5.13 Å². The molecule has 39 heavy (non-hydrogen) atoms. The van der Waals surface area contributed by atoms with Gasteiger partial charge in [-0.2, -0.15) is 0 Å². The van der Waals surface area contributed by atoms with Crippen LogP contribution in [0.5, 0.6) is 0 Å². The number of hydrogen-bond acceptors (Lipinski definition) is 7. The Kier molecular flexibility index (Phi) is 7.22. The maximum atomic E-state index is 12.8. The van der Waals surface area contributed by atoms with Gasteiger partial charge in [-0.25, -0.2) is 9.78 Å². The standard InChI is InChI=1S/C31H39N3O4S/c1-16(2)15-34(8)30-33-20-13-17(3)23(27(29(35)36)38-31(5,6)7)25(28(20)39-30)22-18(4)14-21-24-19(10-12-37-21)9-11-32-26(22)24/h9,11,13,16,18,27H,10,12,14-15H2,1-8H3,(H,35,36). The zero-order chi connectivity index (χ0) is 28.2. The predicted molar refractivity (Wildman–Crippen MR) is 157 cm³/mol. The van der Waals surface area contributed by atoms with Gasteiger partial charge in [-0.15, -0.1) is 0 Å². The Morgan fingerprint density at radius 1 is 1.33 bits per heavy atom. The quantitative estimate of drug-likeness (QED) is 0.446. The Labute approximate surface area is 234 Å². The Morgan fingerprint density at radius 3 is 2.74 bits per heavy atom. The van der Waals surface area contributed by atoms with E-state index in [9.17, 15) is 9.90 Å². The van der Waals surface area contributed by atoms with E-state index in [1.807, 2.05) is 40.0 Å². The van der Waals surface area contributed by atoms with Gasteiger partial charge in [-0.3, -0.25) is 4.98 Å². The molecule has 0 saturated carbocycles. The van der Waals surface area contributed by atoms with E-state index >= 15 is 0 Å². The Morgan fingerprint density at radius 2 is 2.08 bits per heavy atom. The lowest BCUT2D eigenvalue weighted by Gasteiger charge is -2.31. The lowest BCUT2D eigenvalue weighted by molar-refractivity contribution is -0.160. The van der Waals surface area contributed by atoms with Gasteiger partial charge in [0.2, 0.25) is 0 Å². The van der Waals surface area contributed by atoms with Crippen LogP contribution in [0.1, 0.15) is 76.3 Å². The molecule has 1 aliphatic heterocycles. The lowest BCUT2D eigenvalue weighted by Crippen LogP contribution is -2.43. The zero-order valence-electron chi connectivity index (χ0n) is 24.2. The molecule has 0 spiro atoms. The summed E-state index contributed by atoms with van der Waals surface area (Å²) in [6.45, 7) is 15.8. The first-order valence-electron chi connectivity index (χ1n) is 13.8. The number of carboxylic acids is 1. The highest BCUT2D eigenvalue weighted by molar-refractivity contribution is 7.22. The number of ether oxygens (including phenoxy) is 2. The number of benzene rings is 1. The molecule has 8 heteroatoms. The van der Waals surface area contributed by atoms with Crippen molar-refractivity contribution in [2.45, 2.75) is 73.0 Å². The molecule has 0 saturated heterocycles. The van der Waals surface area contributed by atoms with E-state index in [2.05, 4.69) is 38.8 Å². The second-order valence-electron chi connectivity index (χ2n) is 12.3.